The minimum atomic E-state index is -3.61. The number of thiophene rings is 1. The number of nitrogens with zero attached hydrogens (tertiary/aromatic N) is 4. The Kier molecular flexibility index (Phi) is 5.75. The summed E-state index contributed by atoms with van der Waals surface area (Å²) in [5.41, 5.74) is 1.29. The third-order valence-corrected chi connectivity index (χ3v) is 8.87. The molecule has 0 aliphatic carbocycles. The number of sulfonamides is 1. The molecule has 0 N–H and O–H groups in total. The molecule has 30 heavy (non-hydrogen) atoms. The quantitative estimate of drug-likeness (QED) is 0.573. The summed E-state index contributed by atoms with van der Waals surface area (Å²) >= 11 is 6.89. The van der Waals surface area contributed by atoms with Gasteiger partial charge in [-0.15, -0.1) is 11.3 Å². The van der Waals surface area contributed by atoms with Crippen molar-refractivity contribution >= 4 is 49.9 Å². The molecular weight excluding hydrogens is 448 g/mol. The van der Waals surface area contributed by atoms with Crippen LogP contribution in [0.25, 0.3) is 11.0 Å². The Labute approximate surface area is 182 Å². The third-order valence-electron chi connectivity index (χ3n) is 5.27. The third kappa shape index (κ3) is 3.68. The number of rotatable bonds is 5. The van der Waals surface area contributed by atoms with Gasteiger partial charge in [-0.3, -0.25) is 13.9 Å². The zero-order valence-electron chi connectivity index (χ0n) is 16.3. The summed E-state index contributed by atoms with van der Waals surface area (Å²) in [6, 6.07) is 10.4. The molecule has 1 fully saturated rings. The van der Waals surface area contributed by atoms with Gasteiger partial charge in [-0.05, 0) is 31.2 Å². The van der Waals surface area contributed by atoms with Crippen molar-refractivity contribution in [1.82, 2.24) is 18.3 Å². The van der Waals surface area contributed by atoms with Gasteiger partial charge in [0.25, 0.3) is 10.0 Å². The van der Waals surface area contributed by atoms with Crippen molar-refractivity contribution < 1.29 is 13.2 Å². The van der Waals surface area contributed by atoms with Gasteiger partial charge in [0.2, 0.25) is 5.91 Å². The number of aryl methyl sites for hydroxylation is 1. The van der Waals surface area contributed by atoms with Crippen molar-refractivity contribution in [3.63, 3.8) is 0 Å². The van der Waals surface area contributed by atoms with E-state index in [1.54, 1.807) is 15.5 Å². The Morgan fingerprint density at radius 2 is 1.67 bits per heavy atom. The Morgan fingerprint density at radius 3 is 2.23 bits per heavy atom. The first-order valence-corrected chi connectivity index (χ1v) is 12.2. The van der Waals surface area contributed by atoms with Crippen LogP contribution in [0, 0.1) is 0 Å². The molecule has 3 heterocycles. The van der Waals surface area contributed by atoms with Crippen LogP contribution < -0.4 is 5.69 Å². The minimum Gasteiger partial charge on any atom is -0.338 e. The van der Waals surface area contributed by atoms with Crippen molar-refractivity contribution in [2.45, 2.75) is 24.2 Å². The molecule has 0 saturated carbocycles. The van der Waals surface area contributed by atoms with Gasteiger partial charge >= 0.3 is 5.69 Å². The van der Waals surface area contributed by atoms with E-state index in [0.29, 0.717) is 16.4 Å². The zero-order valence-corrected chi connectivity index (χ0v) is 18.7. The van der Waals surface area contributed by atoms with Crippen LogP contribution >= 0.6 is 22.9 Å². The number of fused-ring (bicyclic) bond motifs is 1. The van der Waals surface area contributed by atoms with E-state index in [-0.39, 0.29) is 48.5 Å². The summed E-state index contributed by atoms with van der Waals surface area (Å²) < 4.78 is 30.5. The minimum absolute atomic E-state index is 0.0698. The first-order chi connectivity index (χ1) is 14.3. The van der Waals surface area contributed by atoms with Crippen LogP contribution in [-0.4, -0.2) is 58.8 Å². The zero-order chi connectivity index (χ0) is 21.5. The van der Waals surface area contributed by atoms with E-state index in [0.717, 1.165) is 16.9 Å². The van der Waals surface area contributed by atoms with Gasteiger partial charge in [-0.2, -0.15) is 4.31 Å². The maximum atomic E-state index is 12.9. The Morgan fingerprint density at radius 1 is 1.03 bits per heavy atom. The Bertz CT molecular complexity index is 1250. The van der Waals surface area contributed by atoms with E-state index in [4.69, 9.17) is 11.6 Å². The second kappa shape index (κ2) is 8.18. The van der Waals surface area contributed by atoms with Gasteiger partial charge < -0.3 is 4.90 Å². The molecule has 1 aliphatic rings. The number of halogens is 1. The summed E-state index contributed by atoms with van der Waals surface area (Å²) in [6.07, 6.45) is 0. The second-order valence-corrected chi connectivity index (χ2v) is 10.8. The number of hydrogen-bond donors (Lipinski definition) is 0. The number of carbonyl (C=O) groups excluding carboxylic acids is 1. The lowest BCUT2D eigenvalue weighted by molar-refractivity contribution is -0.133. The summed E-state index contributed by atoms with van der Waals surface area (Å²) in [6.45, 7) is 3.30. The molecule has 8 nitrogen and oxygen atoms in total. The average molecular weight is 469 g/mol. The Hall–Kier alpha value is -2.14. The normalized spacial score (nSPS) is 15.7. The molecule has 0 radical (unpaired) electrons. The van der Waals surface area contributed by atoms with E-state index in [9.17, 15) is 18.0 Å². The standard InChI is InChI=1S/C19H21ClN4O4S2/c1-2-23-14-5-3-4-6-15(14)24(19(23)26)13-17(25)21-9-11-22(12-10-21)30(27,28)18-8-7-16(20)29-18/h3-8H,2,9-13H2,1H3. The predicted molar refractivity (Wildman–Crippen MR) is 117 cm³/mol. The molecule has 0 atom stereocenters. The summed E-state index contributed by atoms with van der Waals surface area (Å²) in [4.78, 5) is 27.2. The van der Waals surface area contributed by atoms with E-state index in [1.165, 1.54) is 14.9 Å². The van der Waals surface area contributed by atoms with Crippen LogP contribution in [0.5, 0.6) is 0 Å². The van der Waals surface area contributed by atoms with E-state index in [1.807, 2.05) is 31.2 Å². The molecule has 1 aromatic carbocycles. The van der Waals surface area contributed by atoms with Gasteiger partial charge in [-0.25, -0.2) is 13.2 Å². The maximum Gasteiger partial charge on any atom is 0.329 e. The van der Waals surface area contributed by atoms with Crippen LogP contribution in [0.2, 0.25) is 4.34 Å². The van der Waals surface area contributed by atoms with E-state index in [2.05, 4.69) is 0 Å². The van der Waals surface area contributed by atoms with Crippen LogP contribution in [0.1, 0.15) is 6.92 Å². The lowest BCUT2D eigenvalue weighted by Crippen LogP contribution is -2.51. The average Bonchev–Trinajstić information content (AvgIpc) is 3.30. The lowest BCUT2D eigenvalue weighted by Gasteiger charge is -2.33. The highest BCUT2D eigenvalue weighted by molar-refractivity contribution is 7.91. The van der Waals surface area contributed by atoms with Crippen LogP contribution in [0.4, 0.5) is 0 Å². The molecule has 2 aromatic heterocycles. The molecule has 3 aromatic rings. The molecule has 0 bridgehead atoms. The smallest absolute Gasteiger partial charge is 0.329 e. The van der Waals surface area contributed by atoms with Crippen LogP contribution in [0.3, 0.4) is 0 Å². The van der Waals surface area contributed by atoms with Crippen LogP contribution in [-0.2, 0) is 27.9 Å². The fourth-order valence-electron chi connectivity index (χ4n) is 3.71. The highest BCUT2D eigenvalue weighted by atomic mass is 35.5. The van der Waals surface area contributed by atoms with E-state index < -0.39 is 10.0 Å². The molecule has 11 heteroatoms. The molecule has 160 valence electrons. The number of benzene rings is 1. The fraction of sp³-hybridized carbons (Fsp3) is 0.368. The van der Waals surface area contributed by atoms with Gasteiger partial charge in [-0.1, -0.05) is 23.7 Å². The largest absolute Gasteiger partial charge is 0.338 e. The molecule has 1 saturated heterocycles. The highest BCUT2D eigenvalue weighted by Crippen LogP contribution is 2.28. The predicted octanol–water partition coefficient (Wildman–Crippen LogP) is 2.07. The van der Waals surface area contributed by atoms with Crippen molar-refractivity contribution in [1.29, 1.82) is 0 Å². The molecule has 0 unspecified atom stereocenters. The molecule has 4 rings (SSSR count). The number of hydrogen-bond acceptors (Lipinski definition) is 5. The van der Waals surface area contributed by atoms with Gasteiger partial charge in [0, 0.05) is 32.7 Å². The summed E-state index contributed by atoms with van der Waals surface area (Å²) in [7, 11) is -3.61. The first kappa shape index (κ1) is 21.1. The second-order valence-electron chi connectivity index (χ2n) is 6.95. The van der Waals surface area contributed by atoms with Gasteiger partial charge in [0.15, 0.2) is 0 Å². The highest BCUT2D eigenvalue weighted by Gasteiger charge is 2.31. The number of piperazine rings is 1. The number of carbonyl (C=O) groups is 1. The van der Waals surface area contributed by atoms with Crippen molar-refractivity contribution in [2.24, 2.45) is 0 Å². The molecular formula is C19H21ClN4O4S2. The first-order valence-electron chi connectivity index (χ1n) is 9.54. The summed E-state index contributed by atoms with van der Waals surface area (Å²) in [5, 5.41) is 0. The van der Waals surface area contributed by atoms with Gasteiger partial charge in [0.1, 0.15) is 10.8 Å². The molecule has 0 spiro atoms. The number of para-hydroxylation sites is 2. The SMILES string of the molecule is CCn1c(=O)n(CC(=O)N2CCN(S(=O)(=O)c3ccc(Cl)s3)CC2)c2ccccc21. The summed E-state index contributed by atoms with van der Waals surface area (Å²) in [5.74, 6) is -0.202. The van der Waals surface area contributed by atoms with Crippen LogP contribution in [0.15, 0.2) is 45.4 Å². The van der Waals surface area contributed by atoms with Crippen molar-refractivity contribution in [2.75, 3.05) is 26.2 Å². The Balaban J connectivity index is 1.48. The maximum absolute atomic E-state index is 12.9. The molecule has 1 aliphatic heterocycles. The fourth-order valence-corrected chi connectivity index (χ4v) is 6.77. The number of amides is 1. The number of aromatic nitrogens is 2. The number of imidazole rings is 1. The van der Waals surface area contributed by atoms with E-state index >= 15 is 0 Å². The monoisotopic (exact) mass is 468 g/mol. The van der Waals surface area contributed by atoms with Crippen molar-refractivity contribution in [3.05, 3.63) is 51.2 Å². The topological polar surface area (TPSA) is 84.6 Å². The molecule has 1 amide bonds. The van der Waals surface area contributed by atoms with Crippen molar-refractivity contribution in [3.8, 4) is 0 Å². The lowest BCUT2D eigenvalue weighted by atomic mass is 10.3. The van der Waals surface area contributed by atoms with Gasteiger partial charge in [0.05, 0.1) is 15.4 Å².